The van der Waals surface area contributed by atoms with Gasteiger partial charge in [0.25, 0.3) is 0 Å². The summed E-state index contributed by atoms with van der Waals surface area (Å²) in [6, 6.07) is 8.24. The summed E-state index contributed by atoms with van der Waals surface area (Å²) in [6.07, 6.45) is 4.81. The van der Waals surface area contributed by atoms with Gasteiger partial charge in [-0.3, -0.25) is 0 Å². The molecule has 1 unspecified atom stereocenters. The van der Waals surface area contributed by atoms with E-state index in [-0.39, 0.29) is 10.8 Å². The average Bonchev–Trinajstić information content (AvgIpc) is 2.52. The summed E-state index contributed by atoms with van der Waals surface area (Å²) in [5.74, 6) is 0. The first-order valence-electron chi connectivity index (χ1n) is 7.93. The standard InChI is InChI=1S/C20H17F3/c1-19-11-5-4-6-13(19)9-10-16-14-7-2-3-8-15(14)18(12-17(16)19)20(21,22)23/h2-3,6-10,12H,4-5,11H2,1H3. The Bertz CT molecular complexity index is 855. The quantitative estimate of drug-likeness (QED) is 0.539. The van der Waals surface area contributed by atoms with E-state index >= 15 is 0 Å². The minimum absolute atomic E-state index is 0.287. The number of rotatable bonds is 0. The predicted molar refractivity (Wildman–Crippen MR) is 87.3 cm³/mol. The highest BCUT2D eigenvalue weighted by atomic mass is 19.4. The third kappa shape index (κ3) is 2.06. The second-order valence-electron chi connectivity index (χ2n) is 6.65. The van der Waals surface area contributed by atoms with Crippen LogP contribution in [0.15, 0.2) is 48.1 Å². The number of allylic oxidation sites excluding steroid dienone is 3. The maximum Gasteiger partial charge on any atom is 0.417 e. The van der Waals surface area contributed by atoms with Gasteiger partial charge in [0.2, 0.25) is 0 Å². The van der Waals surface area contributed by atoms with Gasteiger partial charge < -0.3 is 0 Å². The fourth-order valence-corrected chi connectivity index (χ4v) is 4.07. The third-order valence-electron chi connectivity index (χ3n) is 5.30. The molecule has 2 aromatic rings. The average molecular weight is 314 g/mol. The molecule has 2 aliphatic rings. The predicted octanol–water partition coefficient (Wildman–Crippen LogP) is 6.25. The molecule has 0 radical (unpaired) electrons. The summed E-state index contributed by atoms with van der Waals surface area (Å²) >= 11 is 0. The lowest BCUT2D eigenvalue weighted by molar-refractivity contribution is -0.136. The number of benzene rings is 2. The smallest absolute Gasteiger partial charge is 0.166 e. The Morgan fingerprint density at radius 1 is 1.04 bits per heavy atom. The van der Waals surface area contributed by atoms with Crippen LogP contribution >= 0.6 is 0 Å². The van der Waals surface area contributed by atoms with Gasteiger partial charge in [-0.25, -0.2) is 0 Å². The lowest BCUT2D eigenvalue weighted by atomic mass is 9.64. The Morgan fingerprint density at radius 3 is 2.52 bits per heavy atom. The van der Waals surface area contributed by atoms with Crippen molar-refractivity contribution in [1.82, 2.24) is 0 Å². The highest BCUT2D eigenvalue weighted by Crippen LogP contribution is 2.49. The highest BCUT2D eigenvalue weighted by Gasteiger charge is 2.40. The number of hydrogen-bond donors (Lipinski definition) is 0. The molecule has 4 rings (SSSR count). The van der Waals surface area contributed by atoms with Crippen LogP contribution in [0, 0.1) is 0 Å². The van der Waals surface area contributed by atoms with E-state index in [1.54, 1.807) is 18.2 Å². The summed E-state index contributed by atoms with van der Waals surface area (Å²) < 4.78 is 40.8. The minimum atomic E-state index is -4.34. The van der Waals surface area contributed by atoms with Crippen molar-refractivity contribution in [2.45, 2.75) is 37.8 Å². The van der Waals surface area contributed by atoms with Gasteiger partial charge in [-0.2, -0.15) is 13.2 Å². The van der Waals surface area contributed by atoms with E-state index in [4.69, 9.17) is 0 Å². The number of alkyl halides is 3. The molecule has 0 fully saturated rings. The SMILES string of the molecule is CC12CCCC=C1C=Cc1c2cc(C(F)(F)F)c2ccccc12. The Kier molecular flexibility index (Phi) is 2.99. The molecule has 0 amide bonds. The summed E-state index contributed by atoms with van der Waals surface area (Å²) in [5.41, 5.74) is 2.08. The van der Waals surface area contributed by atoms with Crippen LogP contribution < -0.4 is 0 Å². The molecule has 0 saturated heterocycles. The summed E-state index contributed by atoms with van der Waals surface area (Å²) in [5, 5.41) is 0.981. The van der Waals surface area contributed by atoms with E-state index in [1.807, 2.05) is 12.1 Å². The lowest BCUT2D eigenvalue weighted by Crippen LogP contribution is -2.30. The van der Waals surface area contributed by atoms with E-state index in [0.717, 1.165) is 36.0 Å². The zero-order chi connectivity index (χ0) is 16.2. The van der Waals surface area contributed by atoms with Crippen LogP contribution in [-0.2, 0) is 11.6 Å². The van der Waals surface area contributed by atoms with Crippen molar-refractivity contribution in [2.24, 2.45) is 0 Å². The second kappa shape index (κ2) is 4.73. The molecule has 1 atom stereocenters. The lowest BCUT2D eigenvalue weighted by Gasteiger charge is -2.39. The van der Waals surface area contributed by atoms with E-state index in [0.29, 0.717) is 5.39 Å². The van der Waals surface area contributed by atoms with Gasteiger partial charge in [0.15, 0.2) is 0 Å². The molecular formula is C20H17F3. The molecule has 118 valence electrons. The number of fused-ring (bicyclic) bond motifs is 5. The van der Waals surface area contributed by atoms with E-state index in [9.17, 15) is 13.2 Å². The Morgan fingerprint density at radius 2 is 1.78 bits per heavy atom. The maximum absolute atomic E-state index is 13.6. The fourth-order valence-electron chi connectivity index (χ4n) is 4.07. The Balaban J connectivity index is 2.12. The maximum atomic E-state index is 13.6. The molecule has 0 aromatic heterocycles. The molecule has 0 heterocycles. The molecule has 0 aliphatic heterocycles. The minimum Gasteiger partial charge on any atom is -0.166 e. The molecule has 2 aliphatic carbocycles. The summed E-state index contributed by atoms with van der Waals surface area (Å²) in [6.45, 7) is 2.08. The van der Waals surface area contributed by atoms with Crippen LogP contribution in [0.4, 0.5) is 13.2 Å². The highest BCUT2D eigenvalue weighted by molar-refractivity contribution is 5.96. The summed E-state index contributed by atoms with van der Waals surface area (Å²) in [7, 11) is 0. The van der Waals surface area contributed by atoms with Crippen LogP contribution in [0.25, 0.3) is 16.8 Å². The van der Waals surface area contributed by atoms with E-state index in [2.05, 4.69) is 19.1 Å². The van der Waals surface area contributed by atoms with Crippen molar-refractivity contribution < 1.29 is 13.2 Å². The number of halogens is 3. The first-order chi connectivity index (χ1) is 10.9. The normalized spacial score (nSPS) is 23.4. The van der Waals surface area contributed by atoms with Gasteiger partial charge in [0.1, 0.15) is 0 Å². The van der Waals surface area contributed by atoms with Gasteiger partial charge in [0.05, 0.1) is 5.56 Å². The monoisotopic (exact) mass is 314 g/mol. The second-order valence-corrected chi connectivity index (χ2v) is 6.65. The van der Waals surface area contributed by atoms with Gasteiger partial charge in [-0.15, -0.1) is 0 Å². The van der Waals surface area contributed by atoms with Crippen LogP contribution in [-0.4, -0.2) is 0 Å². The van der Waals surface area contributed by atoms with Gasteiger partial charge >= 0.3 is 6.18 Å². The van der Waals surface area contributed by atoms with Crippen LogP contribution in [0.5, 0.6) is 0 Å². The molecule has 23 heavy (non-hydrogen) atoms. The third-order valence-corrected chi connectivity index (χ3v) is 5.30. The van der Waals surface area contributed by atoms with Crippen LogP contribution in [0.3, 0.4) is 0 Å². The van der Waals surface area contributed by atoms with Crippen molar-refractivity contribution in [3.8, 4) is 0 Å². The Hall–Kier alpha value is -2.03. The Labute approximate surface area is 133 Å². The van der Waals surface area contributed by atoms with Gasteiger partial charge in [-0.1, -0.05) is 49.4 Å². The molecule has 0 N–H and O–H groups in total. The van der Waals surface area contributed by atoms with Gasteiger partial charge in [0, 0.05) is 5.41 Å². The van der Waals surface area contributed by atoms with Gasteiger partial charge in [-0.05, 0) is 52.8 Å². The molecule has 0 nitrogen and oxygen atoms in total. The first kappa shape index (κ1) is 14.6. The topological polar surface area (TPSA) is 0 Å². The molecular weight excluding hydrogens is 297 g/mol. The van der Waals surface area contributed by atoms with E-state index in [1.165, 1.54) is 6.07 Å². The molecule has 0 bridgehead atoms. The van der Waals surface area contributed by atoms with Crippen molar-refractivity contribution >= 4 is 16.8 Å². The zero-order valence-electron chi connectivity index (χ0n) is 12.9. The fraction of sp³-hybridized carbons (Fsp3) is 0.300. The number of hydrogen-bond acceptors (Lipinski definition) is 0. The zero-order valence-corrected chi connectivity index (χ0v) is 12.9. The van der Waals surface area contributed by atoms with Crippen molar-refractivity contribution in [1.29, 1.82) is 0 Å². The van der Waals surface area contributed by atoms with Crippen LogP contribution in [0.2, 0.25) is 0 Å². The molecule has 3 heteroatoms. The molecule has 2 aromatic carbocycles. The van der Waals surface area contributed by atoms with Crippen LogP contribution in [0.1, 0.15) is 42.9 Å². The molecule has 0 spiro atoms. The largest absolute Gasteiger partial charge is 0.417 e. The molecule has 0 saturated carbocycles. The van der Waals surface area contributed by atoms with Crippen molar-refractivity contribution in [3.63, 3.8) is 0 Å². The summed E-state index contributed by atoms with van der Waals surface area (Å²) in [4.78, 5) is 0. The van der Waals surface area contributed by atoms with E-state index < -0.39 is 11.7 Å². The first-order valence-corrected chi connectivity index (χ1v) is 7.93. The van der Waals surface area contributed by atoms with Crippen molar-refractivity contribution in [3.05, 3.63) is 64.7 Å². The van der Waals surface area contributed by atoms with Crippen molar-refractivity contribution in [2.75, 3.05) is 0 Å².